The van der Waals surface area contributed by atoms with Crippen LogP contribution in [0.1, 0.15) is 22.5 Å². The van der Waals surface area contributed by atoms with Crippen LogP contribution in [0.5, 0.6) is 0 Å². The number of carbonyl (C=O) groups excluding carboxylic acids is 1. The number of nitrogens with zero attached hydrogens (tertiary/aromatic N) is 1. The van der Waals surface area contributed by atoms with E-state index in [9.17, 15) is 4.79 Å². The van der Waals surface area contributed by atoms with E-state index in [0.29, 0.717) is 5.69 Å². The van der Waals surface area contributed by atoms with Crippen LogP contribution in [0, 0.1) is 0 Å². The molecule has 1 fully saturated rings. The van der Waals surface area contributed by atoms with Crippen LogP contribution in [0.3, 0.4) is 0 Å². The summed E-state index contributed by atoms with van der Waals surface area (Å²) in [6, 6.07) is 5.34. The first-order valence-electron chi connectivity index (χ1n) is 6.01. The van der Waals surface area contributed by atoms with Crippen molar-refractivity contribution < 1.29 is 8.91 Å². The van der Waals surface area contributed by atoms with Crippen LogP contribution in [0.25, 0.3) is 0 Å². The lowest BCUT2D eigenvalue weighted by atomic mass is 9.98. The molecule has 1 aromatic carbocycles. The summed E-state index contributed by atoms with van der Waals surface area (Å²) in [5.74, 6) is -0.273. The molecule has 1 heterocycles. The fraction of sp³-hybridized carbons (Fsp3) is 0.364. The molecule has 72 valence electrons. The lowest BCUT2D eigenvalue weighted by Crippen LogP contribution is -2.27. The number of carbonyl (C=O) groups is 1. The molecule has 0 atom stereocenters. The minimum absolute atomic E-state index is 0.273. The Hall–Kier alpha value is -0.830. The van der Waals surface area contributed by atoms with Gasteiger partial charge >= 0.3 is 0 Å². The number of benzene rings is 1. The Kier molecular flexibility index (Phi) is 1.01. The minimum Gasteiger partial charge on any atom is -0.314 e. The molecule has 1 aliphatic heterocycles. The summed E-state index contributed by atoms with van der Waals surface area (Å²) in [6.07, 6.45) is 1.50. The van der Waals surface area contributed by atoms with E-state index in [1.54, 1.807) is 12.1 Å². The molecule has 0 saturated heterocycles. The van der Waals surface area contributed by atoms with Gasteiger partial charge in [0, 0.05) is 21.2 Å². The van der Waals surface area contributed by atoms with Crippen molar-refractivity contribution in [1.29, 1.82) is 0 Å². The van der Waals surface area contributed by atoms with E-state index in [1.807, 2.05) is 6.07 Å². The number of fused-ring (bicyclic) bond motifs is 2. The smallest absolute Gasteiger partial charge is 0.237 e. The van der Waals surface area contributed by atoms with Crippen LogP contribution in [0.2, 0.25) is 0 Å². The highest BCUT2D eigenvalue weighted by Crippen LogP contribution is 2.57. The van der Waals surface area contributed by atoms with E-state index in [0.717, 1.165) is 27.8 Å². The highest BCUT2D eigenvalue weighted by molar-refractivity contribution is 9.10. The van der Waals surface area contributed by atoms with E-state index in [4.69, 9.17) is 4.11 Å². The van der Waals surface area contributed by atoms with E-state index in [1.165, 1.54) is 0 Å². The molecule has 1 saturated carbocycles. The summed E-state index contributed by atoms with van der Waals surface area (Å²) in [5, 5.41) is 0. The van der Waals surface area contributed by atoms with Crippen molar-refractivity contribution in [3.8, 4) is 0 Å². The summed E-state index contributed by atoms with van der Waals surface area (Å²) < 4.78 is 23.3. The number of halogens is 1. The number of anilines is 1. The molecule has 0 bridgehead atoms. The van der Waals surface area contributed by atoms with Gasteiger partial charge in [-0.15, -0.1) is 0 Å². The van der Waals surface area contributed by atoms with Crippen LogP contribution in [0.4, 0.5) is 5.69 Å². The van der Waals surface area contributed by atoms with Crippen LogP contribution in [-0.2, 0) is 10.2 Å². The average molecular weight is 255 g/mol. The first-order valence-corrected chi connectivity index (χ1v) is 5.30. The molecule has 2 aliphatic rings. The Morgan fingerprint density at radius 3 is 3.00 bits per heavy atom. The molecule has 0 N–H and O–H groups in total. The zero-order valence-electron chi connectivity index (χ0n) is 10.4. The van der Waals surface area contributed by atoms with Gasteiger partial charge in [0.25, 0.3) is 0 Å². The third kappa shape index (κ3) is 0.836. The largest absolute Gasteiger partial charge is 0.314 e. The molecular weight excluding hydrogens is 242 g/mol. The summed E-state index contributed by atoms with van der Waals surface area (Å²) in [7, 11) is 0. The number of likely N-dealkylation sites (N-methyl/N-ethyl adjacent to an activating group) is 1. The molecule has 0 radical (unpaired) electrons. The molecule has 0 unspecified atom stereocenters. The molecule has 1 aromatic rings. The van der Waals surface area contributed by atoms with Gasteiger partial charge in [0.05, 0.1) is 5.41 Å². The second-order valence-corrected chi connectivity index (χ2v) is 4.80. The second-order valence-electron chi connectivity index (χ2n) is 3.88. The predicted molar refractivity (Wildman–Crippen MR) is 58.5 cm³/mol. The van der Waals surface area contributed by atoms with Gasteiger partial charge in [0.15, 0.2) is 0 Å². The van der Waals surface area contributed by atoms with Gasteiger partial charge in [0.2, 0.25) is 5.91 Å². The van der Waals surface area contributed by atoms with Crippen LogP contribution in [-0.4, -0.2) is 12.9 Å². The second kappa shape index (κ2) is 2.40. The van der Waals surface area contributed by atoms with E-state index < -0.39 is 12.4 Å². The molecule has 1 spiro atoms. The fourth-order valence-corrected chi connectivity index (χ4v) is 2.49. The number of rotatable bonds is 0. The third-order valence-corrected chi connectivity index (χ3v) is 3.57. The van der Waals surface area contributed by atoms with E-state index in [-0.39, 0.29) is 5.91 Å². The average Bonchev–Trinajstić information content (AvgIpc) is 2.94. The zero-order valence-corrected chi connectivity index (χ0v) is 8.97. The Balaban J connectivity index is 2.22. The molecule has 1 aliphatic carbocycles. The van der Waals surface area contributed by atoms with Gasteiger partial charge in [-0.05, 0) is 36.6 Å². The van der Waals surface area contributed by atoms with E-state index >= 15 is 0 Å². The van der Waals surface area contributed by atoms with Gasteiger partial charge in [-0.2, -0.15) is 0 Å². The standard InChI is InChI=1S/C11H10BrNO/c1-13-9-3-2-7(12)6-8(9)11(4-5-11)10(13)14/h2-3,6H,4-5H2,1H3/i1D3. The van der Waals surface area contributed by atoms with Crippen LogP contribution in [0.15, 0.2) is 22.7 Å². The first kappa shape index (κ1) is 5.91. The van der Waals surface area contributed by atoms with Crippen molar-refractivity contribution in [2.24, 2.45) is 0 Å². The van der Waals surface area contributed by atoms with Crippen molar-refractivity contribution in [2.75, 3.05) is 11.9 Å². The van der Waals surface area contributed by atoms with Crippen molar-refractivity contribution in [2.45, 2.75) is 18.3 Å². The summed E-state index contributed by atoms with van der Waals surface area (Å²) in [4.78, 5) is 13.2. The SMILES string of the molecule is [2H]C([2H])([2H])N1C(=O)C2(CC2)c2cc(Br)ccc21. The number of hydrogen-bond acceptors (Lipinski definition) is 1. The van der Waals surface area contributed by atoms with Crippen molar-refractivity contribution in [3.63, 3.8) is 0 Å². The topological polar surface area (TPSA) is 20.3 Å². The predicted octanol–water partition coefficient (Wildman–Crippen LogP) is 2.46. The van der Waals surface area contributed by atoms with Gasteiger partial charge in [-0.1, -0.05) is 15.9 Å². The Bertz CT molecular complexity index is 522. The van der Waals surface area contributed by atoms with Crippen molar-refractivity contribution in [1.82, 2.24) is 0 Å². The van der Waals surface area contributed by atoms with Crippen LogP contribution >= 0.6 is 15.9 Å². The molecule has 1 amide bonds. The summed E-state index contributed by atoms with van der Waals surface area (Å²) in [5.41, 5.74) is 0.844. The molecule has 3 rings (SSSR count). The monoisotopic (exact) mass is 254 g/mol. The Morgan fingerprint density at radius 2 is 2.36 bits per heavy atom. The number of hydrogen-bond donors (Lipinski definition) is 0. The molecule has 2 nitrogen and oxygen atoms in total. The maximum Gasteiger partial charge on any atom is 0.237 e. The summed E-state index contributed by atoms with van der Waals surface area (Å²) >= 11 is 3.36. The third-order valence-electron chi connectivity index (χ3n) is 3.08. The highest BCUT2D eigenvalue weighted by atomic mass is 79.9. The van der Waals surface area contributed by atoms with Crippen LogP contribution < -0.4 is 4.90 Å². The minimum atomic E-state index is -2.40. The van der Waals surface area contributed by atoms with Gasteiger partial charge in [-0.25, -0.2) is 0 Å². The molecule has 14 heavy (non-hydrogen) atoms. The number of amides is 1. The Morgan fingerprint density at radius 1 is 1.57 bits per heavy atom. The van der Waals surface area contributed by atoms with Gasteiger partial charge in [-0.3, -0.25) is 4.79 Å². The maximum atomic E-state index is 12.3. The molecular formula is C11H10BrNO. The lowest BCUT2D eigenvalue weighted by Gasteiger charge is -2.09. The molecule has 3 heteroatoms. The lowest BCUT2D eigenvalue weighted by molar-refractivity contribution is -0.119. The Labute approximate surface area is 95.2 Å². The van der Waals surface area contributed by atoms with Gasteiger partial charge in [0.1, 0.15) is 0 Å². The quantitative estimate of drug-likeness (QED) is 0.697. The van der Waals surface area contributed by atoms with E-state index in [2.05, 4.69) is 15.9 Å². The summed E-state index contributed by atoms with van der Waals surface area (Å²) in [6.45, 7) is -2.40. The van der Waals surface area contributed by atoms with Crippen molar-refractivity contribution in [3.05, 3.63) is 28.2 Å². The fourth-order valence-electron chi connectivity index (χ4n) is 2.13. The first-order chi connectivity index (χ1) is 7.86. The molecule has 0 aromatic heterocycles. The highest BCUT2D eigenvalue weighted by Gasteiger charge is 2.58. The van der Waals surface area contributed by atoms with Crippen molar-refractivity contribution >= 4 is 27.5 Å². The van der Waals surface area contributed by atoms with Gasteiger partial charge < -0.3 is 4.90 Å². The zero-order chi connectivity index (χ0) is 12.4. The maximum absolute atomic E-state index is 12.3. The normalized spacial score (nSPS) is 25.6.